The van der Waals surface area contributed by atoms with Crippen LogP contribution in [0.4, 0.5) is 0 Å². The van der Waals surface area contributed by atoms with E-state index in [2.05, 4.69) is 58.5 Å². The van der Waals surface area contributed by atoms with Gasteiger partial charge in [0.1, 0.15) is 5.75 Å². The molecule has 0 aliphatic heterocycles. The van der Waals surface area contributed by atoms with Gasteiger partial charge in [-0.1, -0.05) is 46.3 Å². The molecule has 0 radical (unpaired) electrons. The van der Waals surface area contributed by atoms with E-state index in [1.165, 1.54) is 11.1 Å². The van der Waals surface area contributed by atoms with Gasteiger partial charge in [-0.3, -0.25) is 0 Å². The van der Waals surface area contributed by atoms with Crippen LogP contribution < -0.4 is 10.1 Å². The molecule has 0 aromatic heterocycles. The zero-order valence-electron chi connectivity index (χ0n) is 12.1. The number of benzene rings is 2. The van der Waals surface area contributed by atoms with E-state index in [0.717, 1.165) is 22.2 Å². The number of likely N-dealkylation sites (N-methyl/N-ethyl adjacent to an activating group) is 1. The molecule has 1 unspecified atom stereocenters. The van der Waals surface area contributed by atoms with E-state index >= 15 is 0 Å². The minimum Gasteiger partial charge on any atom is -0.496 e. The highest BCUT2D eigenvalue weighted by Gasteiger charge is 2.13. The average molecular weight is 334 g/mol. The van der Waals surface area contributed by atoms with Crippen LogP contribution in [0.1, 0.15) is 22.7 Å². The molecule has 2 aromatic carbocycles. The Bertz CT molecular complexity index is 583. The Morgan fingerprint density at radius 1 is 1.20 bits per heavy atom. The molecule has 1 atom stereocenters. The summed E-state index contributed by atoms with van der Waals surface area (Å²) >= 11 is 3.62. The predicted octanol–water partition coefficient (Wildman–Crippen LogP) is 4.27. The Hall–Kier alpha value is -1.32. The number of nitrogens with one attached hydrogen (secondary N) is 1. The number of aryl methyl sites for hydroxylation is 1. The third-order valence-corrected chi connectivity index (χ3v) is 4.33. The van der Waals surface area contributed by atoms with Crippen molar-refractivity contribution < 1.29 is 4.74 Å². The lowest BCUT2D eigenvalue weighted by atomic mass is 9.97. The number of halogens is 1. The highest BCUT2D eigenvalue weighted by molar-refractivity contribution is 9.10. The van der Waals surface area contributed by atoms with Crippen molar-refractivity contribution in [3.63, 3.8) is 0 Å². The molecule has 1 N–H and O–H groups in total. The van der Waals surface area contributed by atoms with Gasteiger partial charge in [0, 0.05) is 10.5 Å². The van der Waals surface area contributed by atoms with Crippen LogP contribution in [-0.4, -0.2) is 14.2 Å². The standard InChI is InChI=1S/C17H20BrNO/c1-12-10-14(8-9-17(12)20-3)16(19-2)11-13-6-4-5-7-15(13)18/h4-10,16,19H,11H2,1-3H3. The van der Waals surface area contributed by atoms with Crippen LogP contribution in [0.5, 0.6) is 5.75 Å². The monoisotopic (exact) mass is 333 g/mol. The second-order valence-corrected chi connectivity index (χ2v) is 5.72. The van der Waals surface area contributed by atoms with Crippen LogP contribution in [-0.2, 0) is 6.42 Å². The number of hydrogen-bond donors (Lipinski definition) is 1. The fourth-order valence-corrected chi connectivity index (χ4v) is 2.84. The van der Waals surface area contributed by atoms with Crippen LogP contribution in [0.25, 0.3) is 0 Å². The van der Waals surface area contributed by atoms with Gasteiger partial charge in [-0.2, -0.15) is 0 Å². The van der Waals surface area contributed by atoms with Crippen molar-refractivity contribution in [2.75, 3.05) is 14.2 Å². The molecular formula is C17H20BrNO. The zero-order valence-corrected chi connectivity index (χ0v) is 13.7. The molecule has 0 spiro atoms. The smallest absolute Gasteiger partial charge is 0.121 e. The molecule has 0 saturated heterocycles. The van der Waals surface area contributed by atoms with Crippen molar-refractivity contribution >= 4 is 15.9 Å². The summed E-state index contributed by atoms with van der Waals surface area (Å²) < 4.78 is 6.48. The lowest BCUT2D eigenvalue weighted by Gasteiger charge is -2.19. The second kappa shape index (κ2) is 6.91. The number of methoxy groups -OCH3 is 1. The van der Waals surface area contributed by atoms with Gasteiger partial charge in [0.25, 0.3) is 0 Å². The van der Waals surface area contributed by atoms with E-state index in [-0.39, 0.29) is 0 Å². The predicted molar refractivity (Wildman–Crippen MR) is 87.4 cm³/mol. The van der Waals surface area contributed by atoms with Gasteiger partial charge in [-0.05, 0) is 49.2 Å². The van der Waals surface area contributed by atoms with Crippen molar-refractivity contribution in [3.05, 3.63) is 63.6 Å². The summed E-state index contributed by atoms with van der Waals surface area (Å²) in [6, 6.07) is 15.0. The lowest BCUT2D eigenvalue weighted by Crippen LogP contribution is -2.19. The van der Waals surface area contributed by atoms with Gasteiger partial charge in [0.05, 0.1) is 7.11 Å². The third kappa shape index (κ3) is 3.41. The minimum absolute atomic E-state index is 0.290. The lowest BCUT2D eigenvalue weighted by molar-refractivity contribution is 0.411. The Labute approximate surface area is 129 Å². The quantitative estimate of drug-likeness (QED) is 0.882. The summed E-state index contributed by atoms with van der Waals surface area (Å²) in [4.78, 5) is 0. The first-order valence-electron chi connectivity index (χ1n) is 6.71. The van der Waals surface area contributed by atoms with E-state index in [0.29, 0.717) is 6.04 Å². The summed E-state index contributed by atoms with van der Waals surface area (Å²) in [6.45, 7) is 2.08. The Balaban J connectivity index is 2.24. The van der Waals surface area contributed by atoms with Gasteiger partial charge >= 0.3 is 0 Å². The van der Waals surface area contributed by atoms with E-state index < -0.39 is 0 Å². The summed E-state index contributed by atoms with van der Waals surface area (Å²) in [5.41, 5.74) is 3.75. The number of hydrogen-bond acceptors (Lipinski definition) is 2. The molecule has 0 fully saturated rings. The minimum atomic E-state index is 0.290. The van der Waals surface area contributed by atoms with E-state index in [1.54, 1.807) is 7.11 Å². The van der Waals surface area contributed by atoms with E-state index in [4.69, 9.17) is 4.74 Å². The molecule has 0 heterocycles. The fourth-order valence-electron chi connectivity index (χ4n) is 2.39. The highest BCUT2D eigenvalue weighted by atomic mass is 79.9. The molecule has 0 bridgehead atoms. The van der Waals surface area contributed by atoms with Crippen LogP contribution in [0.15, 0.2) is 46.9 Å². The van der Waals surface area contributed by atoms with E-state index in [9.17, 15) is 0 Å². The molecule has 3 heteroatoms. The van der Waals surface area contributed by atoms with Gasteiger partial charge in [-0.15, -0.1) is 0 Å². The van der Waals surface area contributed by atoms with Crippen molar-refractivity contribution in [3.8, 4) is 5.75 Å². The highest BCUT2D eigenvalue weighted by Crippen LogP contribution is 2.27. The van der Waals surface area contributed by atoms with Crippen LogP contribution >= 0.6 is 15.9 Å². The summed E-state index contributed by atoms with van der Waals surface area (Å²) in [7, 11) is 3.71. The number of rotatable bonds is 5. The molecule has 0 aliphatic carbocycles. The molecule has 2 nitrogen and oxygen atoms in total. The fraction of sp³-hybridized carbons (Fsp3) is 0.294. The maximum Gasteiger partial charge on any atom is 0.121 e. The van der Waals surface area contributed by atoms with Gasteiger partial charge in [-0.25, -0.2) is 0 Å². The third-order valence-electron chi connectivity index (χ3n) is 3.55. The topological polar surface area (TPSA) is 21.3 Å². The van der Waals surface area contributed by atoms with Crippen molar-refractivity contribution in [1.29, 1.82) is 0 Å². The molecule has 2 rings (SSSR count). The first kappa shape index (κ1) is 15.1. The molecule has 0 saturated carbocycles. The van der Waals surface area contributed by atoms with Crippen molar-refractivity contribution in [2.45, 2.75) is 19.4 Å². The van der Waals surface area contributed by atoms with Gasteiger partial charge in [0.15, 0.2) is 0 Å². The SMILES string of the molecule is CNC(Cc1ccccc1Br)c1ccc(OC)c(C)c1. The van der Waals surface area contributed by atoms with Crippen LogP contribution in [0.2, 0.25) is 0 Å². The molecule has 0 aliphatic rings. The maximum atomic E-state index is 5.32. The summed E-state index contributed by atoms with van der Waals surface area (Å²) in [5, 5.41) is 3.40. The first-order chi connectivity index (χ1) is 9.65. The van der Waals surface area contributed by atoms with E-state index in [1.807, 2.05) is 19.2 Å². The van der Waals surface area contributed by atoms with Crippen LogP contribution in [0.3, 0.4) is 0 Å². The average Bonchev–Trinajstić information content (AvgIpc) is 2.46. The van der Waals surface area contributed by atoms with Crippen molar-refractivity contribution in [1.82, 2.24) is 5.32 Å². The summed E-state index contributed by atoms with van der Waals surface area (Å²) in [6.07, 6.45) is 0.948. The second-order valence-electron chi connectivity index (χ2n) is 4.87. The first-order valence-corrected chi connectivity index (χ1v) is 7.50. The Morgan fingerprint density at radius 3 is 2.55 bits per heavy atom. The van der Waals surface area contributed by atoms with Gasteiger partial charge < -0.3 is 10.1 Å². The molecule has 2 aromatic rings. The normalized spacial score (nSPS) is 12.2. The van der Waals surface area contributed by atoms with Gasteiger partial charge in [0.2, 0.25) is 0 Å². The molecule has 0 amide bonds. The molecular weight excluding hydrogens is 314 g/mol. The molecule has 20 heavy (non-hydrogen) atoms. The largest absolute Gasteiger partial charge is 0.496 e. The Morgan fingerprint density at radius 2 is 1.95 bits per heavy atom. The number of ether oxygens (including phenoxy) is 1. The molecule has 106 valence electrons. The summed E-state index contributed by atoms with van der Waals surface area (Å²) in [5.74, 6) is 0.935. The maximum absolute atomic E-state index is 5.32. The zero-order chi connectivity index (χ0) is 14.5. The Kier molecular flexibility index (Phi) is 5.21. The van der Waals surface area contributed by atoms with Crippen molar-refractivity contribution in [2.24, 2.45) is 0 Å². The van der Waals surface area contributed by atoms with Crippen LogP contribution in [0, 0.1) is 6.92 Å².